The molecule has 0 amide bonds. The predicted molar refractivity (Wildman–Crippen MR) is 80.9 cm³/mol. The molecule has 21 heavy (non-hydrogen) atoms. The molecule has 1 atom stereocenters. The fraction of sp³-hybridized carbons (Fsp3) is 0.333. The lowest BCUT2D eigenvalue weighted by molar-refractivity contribution is 0.0264. The van der Waals surface area contributed by atoms with Gasteiger partial charge in [0.15, 0.2) is 0 Å². The van der Waals surface area contributed by atoms with Gasteiger partial charge in [0.25, 0.3) is 5.56 Å². The van der Waals surface area contributed by atoms with Gasteiger partial charge in [0.2, 0.25) is 0 Å². The van der Waals surface area contributed by atoms with E-state index in [2.05, 4.69) is 10.3 Å². The third-order valence-electron chi connectivity index (χ3n) is 3.64. The van der Waals surface area contributed by atoms with Gasteiger partial charge in [-0.1, -0.05) is 0 Å². The Morgan fingerprint density at radius 3 is 2.81 bits per heavy atom. The Balaban J connectivity index is 1.99. The van der Waals surface area contributed by atoms with Crippen LogP contribution >= 0.6 is 0 Å². The van der Waals surface area contributed by atoms with E-state index in [1.807, 2.05) is 12.1 Å². The first kappa shape index (κ1) is 13.8. The Labute approximate surface area is 122 Å². The second-order valence-electron chi connectivity index (χ2n) is 5.09. The molecule has 6 heteroatoms. The van der Waals surface area contributed by atoms with Crippen LogP contribution in [0.15, 0.2) is 35.3 Å². The quantitative estimate of drug-likeness (QED) is 0.794. The molecule has 1 aromatic carbocycles. The highest BCUT2D eigenvalue weighted by Gasteiger charge is 2.21. The lowest BCUT2D eigenvalue weighted by Gasteiger charge is -2.23. The molecule has 0 bridgehead atoms. The predicted octanol–water partition coefficient (Wildman–Crippen LogP) is 0.690. The first-order chi connectivity index (χ1) is 10.2. The van der Waals surface area contributed by atoms with E-state index in [0.717, 1.165) is 12.1 Å². The molecule has 1 aromatic heterocycles. The van der Waals surface area contributed by atoms with Crippen molar-refractivity contribution < 1.29 is 4.74 Å². The number of nitrogen functional groups attached to an aromatic ring is 1. The fourth-order valence-corrected chi connectivity index (χ4v) is 2.45. The SMILES string of the molecule is Cn1c(-c2ccc(N)cc2)ncc(C2CNCCO2)c1=O. The van der Waals surface area contributed by atoms with E-state index in [9.17, 15) is 4.79 Å². The summed E-state index contributed by atoms with van der Waals surface area (Å²) in [5.41, 5.74) is 7.73. The van der Waals surface area contributed by atoms with E-state index in [-0.39, 0.29) is 11.7 Å². The number of nitrogens with zero attached hydrogens (tertiary/aromatic N) is 2. The van der Waals surface area contributed by atoms with Crippen molar-refractivity contribution in [3.05, 3.63) is 46.4 Å². The van der Waals surface area contributed by atoms with Crippen LogP contribution in [0, 0.1) is 0 Å². The monoisotopic (exact) mass is 286 g/mol. The Kier molecular flexibility index (Phi) is 3.72. The number of anilines is 1. The van der Waals surface area contributed by atoms with Gasteiger partial charge in [-0.15, -0.1) is 0 Å². The number of aromatic nitrogens is 2. The Morgan fingerprint density at radius 1 is 1.38 bits per heavy atom. The topological polar surface area (TPSA) is 82.2 Å². The molecule has 2 heterocycles. The summed E-state index contributed by atoms with van der Waals surface area (Å²) in [6.45, 7) is 2.05. The van der Waals surface area contributed by atoms with Gasteiger partial charge in [-0.2, -0.15) is 0 Å². The molecule has 1 unspecified atom stereocenters. The molecule has 1 aliphatic heterocycles. The van der Waals surface area contributed by atoms with Crippen LogP contribution in [-0.4, -0.2) is 29.2 Å². The maximum Gasteiger partial charge on any atom is 0.259 e. The molecule has 1 fully saturated rings. The van der Waals surface area contributed by atoms with Crippen LogP contribution in [0.5, 0.6) is 0 Å². The highest BCUT2D eigenvalue weighted by Crippen LogP contribution is 2.19. The summed E-state index contributed by atoms with van der Waals surface area (Å²) in [4.78, 5) is 16.9. The molecule has 0 aliphatic carbocycles. The molecule has 0 saturated carbocycles. The van der Waals surface area contributed by atoms with E-state index in [1.165, 1.54) is 0 Å². The summed E-state index contributed by atoms with van der Waals surface area (Å²) in [5.74, 6) is 0.618. The summed E-state index contributed by atoms with van der Waals surface area (Å²) in [6, 6.07) is 7.30. The van der Waals surface area contributed by atoms with E-state index in [1.54, 1.807) is 29.9 Å². The number of benzene rings is 1. The van der Waals surface area contributed by atoms with Gasteiger partial charge in [0, 0.05) is 37.6 Å². The van der Waals surface area contributed by atoms with Crippen molar-refractivity contribution in [2.45, 2.75) is 6.10 Å². The lowest BCUT2D eigenvalue weighted by Crippen LogP contribution is -2.37. The van der Waals surface area contributed by atoms with Crippen LogP contribution < -0.4 is 16.6 Å². The minimum atomic E-state index is -0.231. The number of nitrogens with two attached hydrogens (primary N) is 1. The van der Waals surface area contributed by atoms with E-state index in [0.29, 0.717) is 30.2 Å². The maximum absolute atomic E-state index is 12.5. The Bertz CT molecular complexity index is 688. The van der Waals surface area contributed by atoms with Crippen molar-refractivity contribution in [2.75, 3.05) is 25.4 Å². The minimum absolute atomic E-state index is 0.0782. The smallest absolute Gasteiger partial charge is 0.259 e. The van der Waals surface area contributed by atoms with Crippen LogP contribution in [0.2, 0.25) is 0 Å². The maximum atomic E-state index is 12.5. The number of ether oxygens (including phenoxy) is 1. The van der Waals surface area contributed by atoms with Gasteiger partial charge in [0.05, 0.1) is 12.2 Å². The summed E-state index contributed by atoms with van der Waals surface area (Å²) in [6.07, 6.45) is 1.39. The van der Waals surface area contributed by atoms with Gasteiger partial charge < -0.3 is 15.8 Å². The number of morpholine rings is 1. The van der Waals surface area contributed by atoms with E-state index >= 15 is 0 Å². The molecule has 2 aromatic rings. The van der Waals surface area contributed by atoms with Gasteiger partial charge in [0.1, 0.15) is 11.9 Å². The molecule has 3 N–H and O–H groups in total. The van der Waals surface area contributed by atoms with Crippen molar-refractivity contribution in [3.63, 3.8) is 0 Å². The first-order valence-corrected chi connectivity index (χ1v) is 6.91. The number of hydrogen-bond acceptors (Lipinski definition) is 5. The van der Waals surface area contributed by atoms with E-state index in [4.69, 9.17) is 10.5 Å². The van der Waals surface area contributed by atoms with Crippen molar-refractivity contribution in [3.8, 4) is 11.4 Å². The van der Waals surface area contributed by atoms with Crippen LogP contribution in [0.3, 0.4) is 0 Å². The lowest BCUT2D eigenvalue weighted by atomic mass is 10.1. The summed E-state index contributed by atoms with van der Waals surface area (Å²) in [7, 11) is 1.72. The normalized spacial score (nSPS) is 18.6. The van der Waals surface area contributed by atoms with E-state index < -0.39 is 0 Å². The zero-order valence-electron chi connectivity index (χ0n) is 11.9. The molecule has 1 aliphatic rings. The molecular formula is C15H18N4O2. The Morgan fingerprint density at radius 2 is 2.14 bits per heavy atom. The number of nitrogens with one attached hydrogen (secondary N) is 1. The average molecular weight is 286 g/mol. The molecule has 0 radical (unpaired) electrons. The molecule has 6 nitrogen and oxygen atoms in total. The zero-order valence-corrected chi connectivity index (χ0v) is 11.9. The standard InChI is InChI=1S/C15H18N4O2/c1-19-14(10-2-4-11(16)5-3-10)18-8-12(15(19)20)13-9-17-6-7-21-13/h2-5,8,13,17H,6-7,9,16H2,1H3. The largest absolute Gasteiger partial charge is 0.399 e. The third kappa shape index (κ3) is 2.68. The molecular weight excluding hydrogens is 268 g/mol. The molecule has 3 rings (SSSR count). The van der Waals surface area contributed by atoms with Gasteiger partial charge >= 0.3 is 0 Å². The highest BCUT2D eigenvalue weighted by atomic mass is 16.5. The molecule has 0 spiro atoms. The second kappa shape index (κ2) is 5.67. The molecule has 1 saturated heterocycles. The minimum Gasteiger partial charge on any atom is -0.399 e. The van der Waals surface area contributed by atoms with Crippen molar-refractivity contribution >= 4 is 5.69 Å². The average Bonchev–Trinajstić information content (AvgIpc) is 2.52. The van der Waals surface area contributed by atoms with Crippen molar-refractivity contribution in [1.29, 1.82) is 0 Å². The fourth-order valence-electron chi connectivity index (χ4n) is 2.45. The Hall–Kier alpha value is -2.18. The first-order valence-electron chi connectivity index (χ1n) is 6.91. The van der Waals surface area contributed by atoms with Crippen LogP contribution in [0.4, 0.5) is 5.69 Å². The third-order valence-corrected chi connectivity index (χ3v) is 3.64. The zero-order chi connectivity index (χ0) is 14.8. The summed E-state index contributed by atoms with van der Waals surface area (Å²) >= 11 is 0. The van der Waals surface area contributed by atoms with Crippen molar-refractivity contribution in [2.24, 2.45) is 7.05 Å². The number of hydrogen-bond donors (Lipinski definition) is 2. The van der Waals surface area contributed by atoms with Gasteiger partial charge in [-0.05, 0) is 24.3 Å². The van der Waals surface area contributed by atoms with Crippen LogP contribution in [0.1, 0.15) is 11.7 Å². The molecule has 110 valence electrons. The second-order valence-corrected chi connectivity index (χ2v) is 5.09. The highest BCUT2D eigenvalue weighted by molar-refractivity contribution is 5.59. The summed E-state index contributed by atoms with van der Waals surface area (Å²) < 4.78 is 7.18. The van der Waals surface area contributed by atoms with Crippen LogP contribution in [0.25, 0.3) is 11.4 Å². The van der Waals surface area contributed by atoms with Crippen molar-refractivity contribution in [1.82, 2.24) is 14.9 Å². The van der Waals surface area contributed by atoms with Gasteiger partial charge in [-0.3, -0.25) is 9.36 Å². The van der Waals surface area contributed by atoms with Gasteiger partial charge in [-0.25, -0.2) is 4.98 Å². The van der Waals surface area contributed by atoms with Crippen LogP contribution in [-0.2, 0) is 11.8 Å². The summed E-state index contributed by atoms with van der Waals surface area (Å²) in [5, 5.41) is 3.22. The number of rotatable bonds is 2.